The number of benzene rings is 1. The number of aliphatic hydroxyl groups excluding tert-OH is 1. The van der Waals surface area contributed by atoms with Gasteiger partial charge in [-0.15, -0.1) is 0 Å². The molecule has 0 saturated heterocycles. The van der Waals surface area contributed by atoms with Crippen molar-refractivity contribution in [1.82, 2.24) is 0 Å². The van der Waals surface area contributed by atoms with Crippen LogP contribution in [-0.4, -0.2) is 78.7 Å². The molecule has 322 valence electrons. The third-order valence-corrected chi connectivity index (χ3v) is 21.3. The lowest BCUT2D eigenvalue weighted by Crippen LogP contribution is -2.47. The maximum atomic E-state index is 11.2. The molecule has 0 spiro atoms. The lowest BCUT2D eigenvalue weighted by Gasteiger charge is -2.40. The maximum absolute atomic E-state index is 11.2. The van der Waals surface area contributed by atoms with E-state index < -0.39 is 22.7 Å². The molecule has 0 aliphatic carbocycles. The molecule has 57 heavy (non-hydrogen) atoms. The molecule has 2 aliphatic rings. The van der Waals surface area contributed by atoms with Crippen LogP contribution >= 0.6 is 0 Å². The van der Waals surface area contributed by atoms with E-state index in [1.165, 1.54) is 5.57 Å². The van der Waals surface area contributed by atoms with Gasteiger partial charge in [0.05, 0.1) is 56.9 Å². The average Bonchev–Trinajstić information content (AvgIpc) is 3.10. The first-order valence-corrected chi connectivity index (χ1v) is 27.3. The minimum absolute atomic E-state index is 0.00285. The van der Waals surface area contributed by atoms with Gasteiger partial charge in [-0.05, 0) is 112 Å². The topological polar surface area (TPSA) is 75.6 Å². The van der Waals surface area contributed by atoms with Gasteiger partial charge in [0.2, 0.25) is 0 Å². The van der Waals surface area contributed by atoms with Gasteiger partial charge in [-0.25, -0.2) is 0 Å². The summed E-state index contributed by atoms with van der Waals surface area (Å²) in [5, 5.41) is 11.4. The van der Waals surface area contributed by atoms with Crippen LogP contribution in [0.3, 0.4) is 0 Å². The molecule has 0 saturated carbocycles. The van der Waals surface area contributed by atoms with Gasteiger partial charge in [0.15, 0.2) is 16.6 Å². The van der Waals surface area contributed by atoms with E-state index in [9.17, 15) is 5.11 Å². The number of aliphatic hydroxyl groups is 1. The van der Waals surface area contributed by atoms with Crippen LogP contribution in [0.1, 0.15) is 106 Å². The first-order chi connectivity index (χ1) is 26.6. The van der Waals surface area contributed by atoms with Crippen molar-refractivity contribution in [3.63, 3.8) is 0 Å². The van der Waals surface area contributed by atoms with Crippen molar-refractivity contribution in [2.75, 3.05) is 20.3 Å². The van der Waals surface area contributed by atoms with Crippen LogP contribution in [0, 0.1) is 5.92 Å². The minimum atomic E-state index is -2.19. The molecule has 0 bridgehead atoms. The Balaban J connectivity index is 1.62. The Morgan fingerprint density at radius 3 is 2.32 bits per heavy atom. The fraction of sp³-hybridized carbons (Fsp3) is 0.667. The monoisotopic (exact) mass is 825 g/mol. The summed E-state index contributed by atoms with van der Waals surface area (Å²) in [5.74, 6) is 1.21. The highest BCUT2D eigenvalue weighted by molar-refractivity contribution is 6.74. The number of methoxy groups -OCH3 is 1. The Labute approximate surface area is 350 Å². The smallest absolute Gasteiger partial charge is 0.193 e. The van der Waals surface area contributed by atoms with Crippen molar-refractivity contribution >= 4 is 16.6 Å². The standard InChI is InChI=1S/C48H80O7Si2/c1-36-27-29-51-43(33-36)25-26-46(55-57(13,14)48(7,8)9)45(52-35-39-21-23-41(50-10)24-22-39)20-15-17-40(49)32-37(2)31-38(3)34-44-19-16-18-42(54-44)28-30-53-56(11,12)47(4,5)6/h15-18,21-27,38,40,42-46,49H,2,19-20,28-35H2,1,3-14H3/b17-15+,26-25+/t38-,40?,42-,43+,44-,45-,46+/m0/s1. The highest BCUT2D eigenvalue weighted by Gasteiger charge is 2.41. The first kappa shape index (κ1) is 49.3. The lowest BCUT2D eigenvalue weighted by atomic mass is 9.91. The van der Waals surface area contributed by atoms with Gasteiger partial charge in [-0.1, -0.05) is 121 Å². The summed E-state index contributed by atoms with van der Waals surface area (Å²) in [5.41, 5.74) is 3.45. The van der Waals surface area contributed by atoms with E-state index in [1.54, 1.807) is 7.11 Å². The van der Waals surface area contributed by atoms with E-state index in [0.29, 0.717) is 32.0 Å². The van der Waals surface area contributed by atoms with Gasteiger partial charge in [-0.2, -0.15) is 0 Å². The third kappa shape index (κ3) is 17.2. The Kier molecular flexibility index (Phi) is 19.4. The number of hydrogen-bond donors (Lipinski definition) is 1. The fourth-order valence-electron chi connectivity index (χ4n) is 6.64. The number of ether oxygens (including phenoxy) is 4. The highest BCUT2D eigenvalue weighted by atomic mass is 28.4. The molecular weight excluding hydrogens is 745 g/mol. The van der Waals surface area contributed by atoms with Gasteiger partial charge in [0.25, 0.3) is 0 Å². The van der Waals surface area contributed by atoms with Crippen molar-refractivity contribution in [2.45, 2.75) is 180 Å². The largest absolute Gasteiger partial charge is 0.497 e. The van der Waals surface area contributed by atoms with Crippen LogP contribution in [0.4, 0.5) is 0 Å². The minimum Gasteiger partial charge on any atom is -0.497 e. The molecule has 3 rings (SSSR count). The van der Waals surface area contributed by atoms with Gasteiger partial charge >= 0.3 is 0 Å². The van der Waals surface area contributed by atoms with Gasteiger partial charge in [-0.3, -0.25) is 0 Å². The van der Waals surface area contributed by atoms with Gasteiger partial charge in [0, 0.05) is 6.61 Å². The predicted octanol–water partition coefficient (Wildman–Crippen LogP) is 12.1. The molecule has 1 aromatic rings. The zero-order valence-corrected chi connectivity index (χ0v) is 40.1. The number of rotatable bonds is 22. The Morgan fingerprint density at radius 2 is 1.68 bits per heavy atom. The SMILES string of the molecule is C=C(CC(O)/C=C/C[C@H](OCc1ccc(OC)cc1)[C@@H](/C=C/[C@@H]1CC(C)=CCO1)O[Si](C)(C)C(C)(C)C)C[C@H](C)C[C@@H]1CC=C[C@@H](CCO[Si](C)(C)C(C)(C)C)O1. The molecule has 0 fully saturated rings. The molecule has 1 aromatic carbocycles. The second-order valence-electron chi connectivity index (χ2n) is 19.6. The molecule has 2 heterocycles. The molecule has 7 atom stereocenters. The van der Waals surface area contributed by atoms with Crippen molar-refractivity contribution in [2.24, 2.45) is 5.92 Å². The van der Waals surface area contributed by atoms with Crippen LogP contribution < -0.4 is 4.74 Å². The molecule has 7 nitrogen and oxygen atoms in total. The zero-order chi connectivity index (χ0) is 42.4. The molecule has 1 unspecified atom stereocenters. The summed E-state index contributed by atoms with van der Waals surface area (Å²) in [6.45, 7) is 33.4. The van der Waals surface area contributed by atoms with Crippen molar-refractivity contribution in [3.05, 3.63) is 90.1 Å². The molecule has 2 aliphatic heterocycles. The summed E-state index contributed by atoms with van der Waals surface area (Å²) >= 11 is 0. The van der Waals surface area contributed by atoms with Gasteiger partial charge in [0.1, 0.15) is 5.75 Å². The summed E-state index contributed by atoms with van der Waals surface area (Å²) in [6, 6.07) is 7.99. The summed E-state index contributed by atoms with van der Waals surface area (Å²) in [6.07, 6.45) is 19.6. The van der Waals surface area contributed by atoms with Gasteiger partial charge < -0.3 is 32.9 Å². The van der Waals surface area contributed by atoms with E-state index in [2.05, 4.69) is 125 Å². The summed E-state index contributed by atoms with van der Waals surface area (Å²) < 4.78 is 38.2. The van der Waals surface area contributed by atoms with E-state index in [4.69, 9.17) is 27.8 Å². The first-order valence-electron chi connectivity index (χ1n) is 21.4. The average molecular weight is 825 g/mol. The zero-order valence-electron chi connectivity index (χ0n) is 38.1. The second-order valence-corrected chi connectivity index (χ2v) is 29.2. The van der Waals surface area contributed by atoms with Crippen LogP contribution in [0.2, 0.25) is 36.3 Å². The Hall–Kier alpha value is -2.09. The summed E-state index contributed by atoms with van der Waals surface area (Å²) in [4.78, 5) is 0. The van der Waals surface area contributed by atoms with E-state index in [1.807, 2.05) is 30.3 Å². The predicted molar refractivity (Wildman–Crippen MR) is 243 cm³/mol. The Bertz CT molecular complexity index is 1480. The highest BCUT2D eigenvalue weighted by Crippen LogP contribution is 2.39. The van der Waals surface area contributed by atoms with Crippen molar-refractivity contribution < 1.29 is 32.9 Å². The van der Waals surface area contributed by atoms with Crippen molar-refractivity contribution in [3.8, 4) is 5.75 Å². The van der Waals surface area contributed by atoms with Crippen molar-refractivity contribution in [1.29, 1.82) is 0 Å². The molecule has 0 amide bonds. The second kappa shape index (κ2) is 22.5. The quantitative estimate of drug-likeness (QED) is 0.0922. The maximum Gasteiger partial charge on any atom is 0.193 e. The third-order valence-electron chi connectivity index (χ3n) is 12.3. The van der Waals surface area contributed by atoms with E-state index in [0.717, 1.165) is 55.6 Å². The Morgan fingerprint density at radius 1 is 1.00 bits per heavy atom. The molecular formula is C48H80O7Si2. The van der Waals surface area contributed by atoms with E-state index >= 15 is 0 Å². The van der Waals surface area contributed by atoms with Crippen LogP contribution in [-0.2, 0) is 29.7 Å². The number of hydrogen-bond acceptors (Lipinski definition) is 7. The summed E-state index contributed by atoms with van der Waals surface area (Å²) in [7, 11) is -2.29. The van der Waals surface area contributed by atoms with Crippen LogP contribution in [0.25, 0.3) is 0 Å². The van der Waals surface area contributed by atoms with Crippen LogP contribution in [0.15, 0.2) is 84.5 Å². The lowest BCUT2D eigenvalue weighted by molar-refractivity contribution is -0.0204. The van der Waals surface area contributed by atoms with E-state index in [-0.39, 0.29) is 40.6 Å². The van der Waals surface area contributed by atoms with Crippen LogP contribution in [0.5, 0.6) is 5.75 Å². The molecule has 1 N–H and O–H groups in total. The normalized spacial score (nSPS) is 22.1. The molecule has 0 aromatic heterocycles. The fourth-order valence-corrected chi connectivity index (χ4v) is 8.97. The molecule has 0 radical (unpaired) electrons. The molecule has 9 heteroatoms.